The lowest BCUT2D eigenvalue weighted by Gasteiger charge is -2.18. The highest BCUT2D eigenvalue weighted by atomic mass is 127. The highest BCUT2D eigenvalue weighted by Crippen LogP contribution is 2.11. The molecule has 130 valence electrons. The molecule has 1 aliphatic rings. The second-order valence-corrected chi connectivity index (χ2v) is 6.76. The SMILES string of the molecule is CCC(=O)N1CCC(NC(=NC)NCCc2ncc(C)s2)C1.I. The molecular formula is C15H26IN5OS. The number of aromatic nitrogens is 1. The standard InChI is InChI=1S/C15H25N5OS.HI/c1-4-14(21)20-8-6-12(10-20)19-15(16-3)17-7-5-13-18-9-11(2)22-13;/h9,12H,4-8,10H2,1-3H3,(H2,16,17,19);1H. The van der Waals surface area contributed by atoms with Gasteiger partial charge in [-0.2, -0.15) is 0 Å². The van der Waals surface area contributed by atoms with E-state index in [1.54, 1.807) is 18.4 Å². The number of carbonyl (C=O) groups excluding carboxylic acids is 1. The van der Waals surface area contributed by atoms with Crippen molar-refractivity contribution in [2.75, 3.05) is 26.7 Å². The summed E-state index contributed by atoms with van der Waals surface area (Å²) in [4.78, 5) is 23.5. The molecule has 1 aromatic heterocycles. The van der Waals surface area contributed by atoms with Crippen molar-refractivity contribution in [2.45, 2.75) is 39.2 Å². The Bertz CT molecular complexity index is 534. The molecule has 1 fully saturated rings. The summed E-state index contributed by atoms with van der Waals surface area (Å²) in [6.07, 6.45) is 4.35. The lowest BCUT2D eigenvalue weighted by molar-refractivity contribution is -0.129. The Morgan fingerprint density at radius 2 is 2.35 bits per heavy atom. The number of likely N-dealkylation sites (tertiary alicyclic amines) is 1. The number of guanidine groups is 1. The smallest absolute Gasteiger partial charge is 0.222 e. The Morgan fingerprint density at radius 1 is 1.57 bits per heavy atom. The van der Waals surface area contributed by atoms with Gasteiger partial charge in [-0.1, -0.05) is 6.92 Å². The van der Waals surface area contributed by atoms with Crippen LogP contribution in [0.1, 0.15) is 29.7 Å². The molecule has 1 unspecified atom stereocenters. The van der Waals surface area contributed by atoms with Gasteiger partial charge >= 0.3 is 0 Å². The monoisotopic (exact) mass is 451 g/mol. The van der Waals surface area contributed by atoms with Crippen LogP contribution in [0.15, 0.2) is 11.2 Å². The maximum absolute atomic E-state index is 11.7. The fourth-order valence-electron chi connectivity index (χ4n) is 2.52. The predicted molar refractivity (Wildman–Crippen MR) is 106 cm³/mol. The molecule has 1 atom stereocenters. The summed E-state index contributed by atoms with van der Waals surface area (Å²) in [7, 11) is 1.77. The third-order valence-electron chi connectivity index (χ3n) is 3.71. The molecule has 0 saturated carbocycles. The number of halogens is 1. The van der Waals surface area contributed by atoms with Gasteiger partial charge in [0.25, 0.3) is 0 Å². The molecule has 8 heteroatoms. The van der Waals surface area contributed by atoms with Gasteiger partial charge in [-0.3, -0.25) is 9.79 Å². The molecule has 0 aromatic carbocycles. The van der Waals surface area contributed by atoms with Crippen LogP contribution in [-0.2, 0) is 11.2 Å². The zero-order valence-corrected chi connectivity index (χ0v) is 17.1. The molecule has 6 nitrogen and oxygen atoms in total. The van der Waals surface area contributed by atoms with Crippen molar-refractivity contribution in [3.05, 3.63) is 16.1 Å². The molecule has 1 aromatic rings. The normalized spacial score (nSPS) is 17.8. The van der Waals surface area contributed by atoms with Crippen LogP contribution in [0.5, 0.6) is 0 Å². The number of hydrogen-bond acceptors (Lipinski definition) is 4. The van der Waals surface area contributed by atoms with Gasteiger partial charge < -0.3 is 15.5 Å². The molecule has 0 aliphatic carbocycles. The summed E-state index contributed by atoms with van der Waals surface area (Å²) in [5.41, 5.74) is 0. The second-order valence-electron chi connectivity index (χ2n) is 5.44. The Labute approximate surface area is 159 Å². The van der Waals surface area contributed by atoms with E-state index in [0.29, 0.717) is 6.42 Å². The topological polar surface area (TPSA) is 69.6 Å². The van der Waals surface area contributed by atoms with E-state index in [1.165, 1.54) is 4.88 Å². The highest BCUT2D eigenvalue weighted by molar-refractivity contribution is 14.0. The van der Waals surface area contributed by atoms with Gasteiger partial charge in [0.15, 0.2) is 5.96 Å². The van der Waals surface area contributed by atoms with Gasteiger partial charge in [0, 0.05) is 56.6 Å². The predicted octanol–water partition coefficient (Wildman–Crippen LogP) is 1.79. The second kappa shape index (κ2) is 10.1. The van der Waals surface area contributed by atoms with E-state index in [0.717, 1.165) is 43.4 Å². The van der Waals surface area contributed by atoms with Crippen molar-refractivity contribution in [2.24, 2.45) is 4.99 Å². The van der Waals surface area contributed by atoms with Gasteiger partial charge in [0.2, 0.25) is 5.91 Å². The van der Waals surface area contributed by atoms with Crippen LogP contribution in [0.3, 0.4) is 0 Å². The summed E-state index contributed by atoms with van der Waals surface area (Å²) in [5, 5.41) is 7.85. The summed E-state index contributed by atoms with van der Waals surface area (Å²) < 4.78 is 0. The van der Waals surface area contributed by atoms with Crippen LogP contribution in [0.2, 0.25) is 0 Å². The van der Waals surface area contributed by atoms with Crippen LogP contribution in [0.4, 0.5) is 0 Å². The van der Waals surface area contributed by atoms with Crippen LogP contribution in [-0.4, -0.2) is 54.5 Å². The molecule has 0 spiro atoms. The molecule has 1 aliphatic heterocycles. The number of rotatable bonds is 5. The van der Waals surface area contributed by atoms with Crippen molar-refractivity contribution in [1.29, 1.82) is 0 Å². The van der Waals surface area contributed by atoms with E-state index in [9.17, 15) is 4.79 Å². The van der Waals surface area contributed by atoms with Gasteiger partial charge in [-0.05, 0) is 13.3 Å². The van der Waals surface area contributed by atoms with Crippen LogP contribution >= 0.6 is 35.3 Å². The number of nitrogens with one attached hydrogen (secondary N) is 2. The highest BCUT2D eigenvalue weighted by Gasteiger charge is 2.25. The number of carbonyl (C=O) groups is 1. The van der Waals surface area contributed by atoms with Gasteiger partial charge in [0.1, 0.15) is 0 Å². The van der Waals surface area contributed by atoms with E-state index >= 15 is 0 Å². The summed E-state index contributed by atoms with van der Waals surface area (Å²) >= 11 is 1.73. The molecule has 1 saturated heterocycles. The van der Waals surface area contributed by atoms with Gasteiger partial charge in [-0.15, -0.1) is 35.3 Å². The summed E-state index contributed by atoms with van der Waals surface area (Å²) in [6, 6.07) is 0.281. The zero-order chi connectivity index (χ0) is 15.9. The molecule has 2 rings (SSSR count). The average Bonchev–Trinajstić information content (AvgIpc) is 3.14. The van der Waals surface area contributed by atoms with Gasteiger partial charge in [-0.25, -0.2) is 4.98 Å². The van der Waals surface area contributed by atoms with Crippen molar-refractivity contribution in [3.8, 4) is 0 Å². The fourth-order valence-corrected chi connectivity index (χ4v) is 3.31. The van der Waals surface area contributed by atoms with E-state index in [1.807, 2.05) is 18.0 Å². The maximum Gasteiger partial charge on any atom is 0.222 e. The van der Waals surface area contributed by atoms with Crippen molar-refractivity contribution >= 4 is 47.2 Å². The number of nitrogens with zero attached hydrogens (tertiary/aromatic N) is 3. The largest absolute Gasteiger partial charge is 0.356 e. The first-order valence-electron chi connectivity index (χ1n) is 7.78. The number of aliphatic imine (C=N–C) groups is 1. The molecule has 1 amide bonds. The zero-order valence-electron chi connectivity index (χ0n) is 14.0. The quantitative estimate of drug-likeness (QED) is 0.407. The Kier molecular flexibility index (Phi) is 8.82. The first-order chi connectivity index (χ1) is 10.6. The molecule has 2 heterocycles. The minimum Gasteiger partial charge on any atom is -0.356 e. The lowest BCUT2D eigenvalue weighted by Crippen LogP contribution is -2.45. The maximum atomic E-state index is 11.7. The minimum atomic E-state index is 0. The Hall–Kier alpha value is -0.900. The van der Waals surface area contributed by atoms with E-state index in [-0.39, 0.29) is 35.9 Å². The van der Waals surface area contributed by atoms with Crippen molar-refractivity contribution in [3.63, 3.8) is 0 Å². The van der Waals surface area contributed by atoms with Crippen LogP contribution in [0.25, 0.3) is 0 Å². The van der Waals surface area contributed by atoms with E-state index in [2.05, 4.69) is 27.5 Å². The lowest BCUT2D eigenvalue weighted by atomic mass is 10.3. The average molecular weight is 451 g/mol. The summed E-state index contributed by atoms with van der Waals surface area (Å²) in [6.45, 7) is 6.37. The molecular weight excluding hydrogens is 425 g/mol. The number of thiazole rings is 1. The molecule has 23 heavy (non-hydrogen) atoms. The van der Waals surface area contributed by atoms with E-state index in [4.69, 9.17) is 0 Å². The van der Waals surface area contributed by atoms with Crippen molar-refractivity contribution < 1.29 is 4.79 Å². The summed E-state index contributed by atoms with van der Waals surface area (Å²) in [5.74, 6) is 1.02. The molecule has 2 N–H and O–H groups in total. The Balaban J connectivity index is 0.00000264. The third-order valence-corrected chi connectivity index (χ3v) is 4.68. The van der Waals surface area contributed by atoms with Gasteiger partial charge in [0.05, 0.1) is 5.01 Å². The molecule has 0 bridgehead atoms. The number of aryl methyl sites for hydroxylation is 1. The molecule has 0 radical (unpaired) electrons. The van der Waals surface area contributed by atoms with Crippen molar-refractivity contribution in [1.82, 2.24) is 20.5 Å². The first-order valence-corrected chi connectivity index (χ1v) is 8.60. The minimum absolute atomic E-state index is 0. The third kappa shape index (κ3) is 6.25. The number of hydrogen-bond donors (Lipinski definition) is 2. The van der Waals surface area contributed by atoms with Crippen LogP contribution in [0, 0.1) is 6.92 Å². The first kappa shape index (κ1) is 20.1. The Morgan fingerprint density at radius 3 is 2.96 bits per heavy atom. The van der Waals surface area contributed by atoms with E-state index < -0.39 is 0 Å². The van der Waals surface area contributed by atoms with Crippen LogP contribution < -0.4 is 10.6 Å². The number of amides is 1. The fraction of sp³-hybridized carbons (Fsp3) is 0.667.